The third-order valence-electron chi connectivity index (χ3n) is 2.72. The molecule has 0 radical (unpaired) electrons. The van der Waals surface area contributed by atoms with Crippen LogP contribution in [0.4, 0.5) is 5.69 Å². The Morgan fingerprint density at radius 2 is 1.81 bits per heavy atom. The largest absolute Gasteiger partial charge is 0.322 e. The second-order valence-electron chi connectivity index (χ2n) is 4.73. The van der Waals surface area contributed by atoms with Crippen LogP contribution in [0.5, 0.6) is 0 Å². The van der Waals surface area contributed by atoms with Crippen LogP contribution in [0.15, 0.2) is 53.0 Å². The number of amides is 1. The van der Waals surface area contributed by atoms with E-state index in [1.165, 1.54) is 6.26 Å². The summed E-state index contributed by atoms with van der Waals surface area (Å²) >= 11 is 3.32. The monoisotopic (exact) mass is 367 g/mol. The second kappa shape index (κ2) is 6.41. The first-order valence-corrected chi connectivity index (χ1v) is 9.02. The van der Waals surface area contributed by atoms with Gasteiger partial charge in [0.25, 0.3) is 5.91 Å². The van der Waals surface area contributed by atoms with E-state index in [0.717, 1.165) is 4.47 Å². The van der Waals surface area contributed by atoms with Crippen molar-refractivity contribution in [2.75, 3.05) is 11.6 Å². The van der Waals surface area contributed by atoms with Crippen LogP contribution in [0.25, 0.3) is 0 Å². The molecule has 0 saturated heterocycles. The molecule has 0 aliphatic heterocycles. The Kier molecular flexibility index (Phi) is 4.80. The Morgan fingerprint density at radius 1 is 1.14 bits per heavy atom. The van der Waals surface area contributed by atoms with Crippen molar-refractivity contribution >= 4 is 37.4 Å². The molecule has 2 aromatic carbocycles. The second-order valence-corrected chi connectivity index (χ2v) is 7.79. The summed E-state index contributed by atoms with van der Waals surface area (Å²) in [5.41, 5.74) is 1.71. The van der Waals surface area contributed by atoms with Gasteiger partial charge in [-0.3, -0.25) is 4.79 Å². The highest BCUT2D eigenvalue weighted by molar-refractivity contribution is 9.10. The number of nitrogens with one attached hydrogen (secondary N) is 1. The Morgan fingerprint density at radius 3 is 2.43 bits per heavy atom. The fraction of sp³-hybridized carbons (Fsp3) is 0.133. The number of carbonyl (C=O) groups is 1. The van der Waals surface area contributed by atoms with Gasteiger partial charge in [0.2, 0.25) is 0 Å². The molecule has 0 aromatic heterocycles. The molecule has 0 saturated carbocycles. The van der Waals surface area contributed by atoms with Gasteiger partial charge in [0.1, 0.15) is 0 Å². The van der Waals surface area contributed by atoms with Crippen molar-refractivity contribution in [3.63, 3.8) is 0 Å². The molecule has 1 N–H and O–H groups in total. The molecule has 110 valence electrons. The van der Waals surface area contributed by atoms with Crippen molar-refractivity contribution in [1.82, 2.24) is 0 Å². The van der Waals surface area contributed by atoms with Crippen LogP contribution in [0.3, 0.4) is 0 Å². The minimum Gasteiger partial charge on any atom is -0.322 e. The molecule has 2 aromatic rings. The highest BCUT2D eigenvalue weighted by Crippen LogP contribution is 2.16. The maximum Gasteiger partial charge on any atom is 0.255 e. The number of anilines is 1. The van der Waals surface area contributed by atoms with Gasteiger partial charge in [-0.15, -0.1) is 0 Å². The van der Waals surface area contributed by atoms with Crippen molar-refractivity contribution in [2.45, 2.75) is 5.75 Å². The SMILES string of the molecule is CS(=O)(=O)Cc1cccc(C(=O)Nc2ccc(Br)cc2)c1. The number of benzene rings is 2. The standard InChI is InChI=1S/C15H14BrNO3S/c1-21(19,20)10-11-3-2-4-12(9-11)15(18)17-14-7-5-13(16)6-8-14/h2-9H,10H2,1H3,(H,17,18). The first-order valence-electron chi connectivity index (χ1n) is 6.17. The number of carbonyl (C=O) groups excluding carboxylic acids is 1. The maximum atomic E-state index is 12.1. The van der Waals surface area contributed by atoms with E-state index >= 15 is 0 Å². The topological polar surface area (TPSA) is 63.2 Å². The highest BCUT2D eigenvalue weighted by Gasteiger charge is 2.09. The lowest BCUT2D eigenvalue weighted by atomic mass is 10.1. The average molecular weight is 368 g/mol. The van der Waals surface area contributed by atoms with E-state index in [9.17, 15) is 13.2 Å². The number of hydrogen-bond acceptors (Lipinski definition) is 3. The normalized spacial score (nSPS) is 11.1. The van der Waals surface area contributed by atoms with Crippen molar-refractivity contribution in [2.24, 2.45) is 0 Å². The summed E-state index contributed by atoms with van der Waals surface area (Å²) < 4.78 is 23.5. The van der Waals surface area contributed by atoms with Gasteiger partial charge in [0.05, 0.1) is 5.75 Å². The van der Waals surface area contributed by atoms with Crippen LogP contribution in [0.1, 0.15) is 15.9 Å². The van der Waals surface area contributed by atoms with E-state index in [-0.39, 0.29) is 11.7 Å². The molecule has 1 amide bonds. The van der Waals surface area contributed by atoms with Crippen LogP contribution >= 0.6 is 15.9 Å². The van der Waals surface area contributed by atoms with Gasteiger partial charge < -0.3 is 5.32 Å². The number of rotatable bonds is 4. The van der Waals surface area contributed by atoms with E-state index < -0.39 is 9.84 Å². The Labute approximate surface area is 132 Å². The van der Waals surface area contributed by atoms with Crippen LogP contribution in [0, 0.1) is 0 Å². The molecular weight excluding hydrogens is 354 g/mol. The predicted octanol–water partition coefficient (Wildman–Crippen LogP) is 3.25. The van der Waals surface area contributed by atoms with Crippen LogP contribution in [-0.4, -0.2) is 20.6 Å². The molecule has 0 heterocycles. The van der Waals surface area contributed by atoms with Gasteiger partial charge in [-0.1, -0.05) is 28.1 Å². The van der Waals surface area contributed by atoms with Gasteiger partial charge >= 0.3 is 0 Å². The summed E-state index contributed by atoms with van der Waals surface area (Å²) in [5, 5.41) is 2.77. The summed E-state index contributed by atoms with van der Waals surface area (Å²) in [5.74, 6) is -0.348. The summed E-state index contributed by atoms with van der Waals surface area (Å²) in [6, 6.07) is 13.8. The Balaban J connectivity index is 2.16. The predicted molar refractivity (Wildman–Crippen MR) is 87.1 cm³/mol. The molecule has 0 bridgehead atoms. The summed E-state index contributed by atoms with van der Waals surface area (Å²) in [6.45, 7) is 0. The lowest BCUT2D eigenvalue weighted by molar-refractivity contribution is 0.102. The zero-order valence-electron chi connectivity index (χ0n) is 11.3. The molecule has 21 heavy (non-hydrogen) atoms. The highest BCUT2D eigenvalue weighted by atomic mass is 79.9. The molecule has 0 spiro atoms. The zero-order valence-corrected chi connectivity index (χ0v) is 13.7. The molecule has 4 nitrogen and oxygen atoms in total. The van der Waals surface area contributed by atoms with Crippen LogP contribution in [0.2, 0.25) is 0 Å². The van der Waals surface area contributed by atoms with E-state index in [0.29, 0.717) is 16.8 Å². The smallest absolute Gasteiger partial charge is 0.255 e. The molecule has 0 aliphatic rings. The summed E-state index contributed by atoms with van der Waals surface area (Å²) in [6.07, 6.45) is 1.17. The third kappa shape index (κ3) is 4.99. The van der Waals surface area contributed by atoms with Gasteiger partial charge in [0, 0.05) is 22.0 Å². The number of hydrogen-bond donors (Lipinski definition) is 1. The molecule has 0 atom stereocenters. The first kappa shape index (κ1) is 15.7. The molecule has 0 unspecified atom stereocenters. The van der Waals surface area contributed by atoms with Crippen molar-refractivity contribution in [1.29, 1.82) is 0 Å². The quantitative estimate of drug-likeness (QED) is 0.901. The van der Waals surface area contributed by atoms with Gasteiger partial charge in [-0.2, -0.15) is 0 Å². The van der Waals surface area contributed by atoms with E-state index in [1.807, 2.05) is 12.1 Å². The maximum absolute atomic E-state index is 12.1. The van der Waals surface area contributed by atoms with E-state index in [4.69, 9.17) is 0 Å². The van der Waals surface area contributed by atoms with Crippen LogP contribution in [-0.2, 0) is 15.6 Å². The lowest BCUT2D eigenvalue weighted by Crippen LogP contribution is -2.12. The zero-order chi connectivity index (χ0) is 15.5. The van der Waals surface area contributed by atoms with E-state index in [2.05, 4.69) is 21.2 Å². The minimum atomic E-state index is -3.12. The fourth-order valence-electron chi connectivity index (χ4n) is 1.84. The molecule has 6 heteroatoms. The summed E-state index contributed by atoms with van der Waals surface area (Å²) in [7, 11) is -3.12. The Hall–Kier alpha value is -1.66. The van der Waals surface area contributed by atoms with Crippen molar-refractivity contribution < 1.29 is 13.2 Å². The Bertz CT molecular complexity index is 755. The number of halogens is 1. The van der Waals surface area contributed by atoms with Gasteiger partial charge in [0.15, 0.2) is 9.84 Å². The van der Waals surface area contributed by atoms with Gasteiger partial charge in [-0.05, 0) is 42.0 Å². The summed E-state index contributed by atoms with van der Waals surface area (Å²) in [4.78, 5) is 12.1. The van der Waals surface area contributed by atoms with Gasteiger partial charge in [-0.25, -0.2) is 8.42 Å². The molecule has 0 fully saturated rings. The molecule has 0 aliphatic carbocycles. The number of sulfone groups is 1. The van der Waals surface area contributed by atoms with E-state index in [1.54, 1.807) is 36.4 Å². The fourth-order valence-corrected chi connectivity index (χ4v) is 2.89. The molecule has 2 rings (SSSR count). The van der Waals surface area contributed by atoms with Crippen molar-refractivity contribution in [3.05, 3.63) is 64.1 Å². The first-order chi connectivity index (χ1) is 9.83. The minimum absolute atomic E-state index is 0.0770. The third-order valence-corrected chi connectivity index (χ3v) is 4.11. The van der Waals surface area contributed by atoms with Crippen LogP contribution < -0.4 is 5.32 Å². The van der Waals surface area contributed by atoms with Crippen molar-refractivity contribution in [3.8, 4) is 0 Å². The lowest BCUT2D eigenvalue weighted by Gasteiger charge is -2.07. The molecular formula is C15H14BrNO3S. The average Bonchev–Trinajstić information content (AvgIpc) is 2.40.